The first-order chi connectivity index (χ1) is 14.6. The van der Waals surface area contributed by atoms with Crippen molar-refractivity contribution in [1.29, 1.82) is 0 Å². The molecule has 30 heavy (non-hydrogen) atoms. The number of guanidine groups is 1. The minimum absolute atomic E-state index is 0.157. The number of azo groups is 1. The lowest BCUT2D eigenvalue weighted by Gasteiger charge is -2.13. The first-order valence-electron chi connectivity index (χ1n) is 9.87. The van der Waals surface area contributed by atoms with Gasteiger partial charge in [-0.05, 0) is 60.9 Å². The molecule has 154 valence electrons. The van der Waals surface area contributed by atoms with E-state index in [2.05, 4.69) is 25.9 Å². The van der Waals surface area contributed by atoms with E-state index >= 15 is 0 Å². The second kappa shape index (κ2) is 9.17. The van der Waals surface area contributed by atoms with Crippen molar-refractivity contribution in [2.75, 3.05) is 0 Å². The Balaban J connectivity index is 1.49. The number of carbonyl (C=O) groups is 1. The third kappa shape index (κ3) is 5.10. The van der Waals surface area contributed by atoms with E-state index < -0.39 is 0 Å². The van der Waals surface area contributed by atoms with Gasteiger partial charge in [-0.3, -0.25) is 10.1 Å². The molecule has 1 unspecified atom stereocenters. The summed E-state index contributed by atoms with van der Waals surface area (Å²) in [4.78, 5) is 17.3. The van der Waals surface area contributed by atoms with Crippen molar-refractivity contribution in [1.82, 2.24) is 10.6 Å². The van der Waals surface area contributed by atoms with E-state index in [1.165, 1.54) is 12.1 Å². The first-order valence-corrected chi connectivity index (χ1v) is 10.2. The van der Waals surface area contributed by atoms with E-state index in [-0.39, 0.29) is 23.8 Å². The number of aliphatic imine (C=N–C) groups is 1. The molecule has 1 atom stereocenters. The number of nitrogens with zero attached hydrogens (tertiary/aromatic N) is 3. The maximum Gasteiger partial charge on any atom is 0.257 e. The molecular weight excluding hydrogens is 405 g/mol. The second-order valence-corrected chi connectivity index (χ2v) is 7.70. The smallest absolute Gasteiger partial charge is 0.257 e. The van der Waals surface area contributed by atoms with Crippen LogP contribution in [-0.2, 0) is 0 Å². The average Bonchev–Trinajstić information content (AvgIpc) is 3.41. The number of benzene rings is 2. The second-order valence-electron chi connectivity index (χ2n) is 7.27. The van der Waals surface area contributed by atoms with Crippen LogP contribution in [0.25, 0.3) is 0 Å². The Morgan fingerprint density at radius 1 is 1.07 bits per heavy atom. The summed E-state index contributed by atoms with van der Waals surface area (Å²) in [6.07, 6.45) is 6.04. The molecule has 1 fully saturated rings. The van der Waals surface area contributed by atoms with Gasteiger partial charge in [-0.2, -0.15) is 5.11 Å². The van der Waals surface area contributed by atoms with Crippen LogP contribution in [0.3, 0.4) is 0 Å². The van der Waals surface area contributed by atoms with Crippen LogP contribution in [0.2, 0.25) is 5.02 Å². The van der Waals surface area contributed by atoms with E-state index in [9.17, 15) is 9.18 Å². The molecule has 6 nitrogen and oxygen atoms in total. The largest absolute Gasteiger partial charge is 0.309 e. The normalized spacial score (nSPS) is 19.1. The Labute approximate surface area is 179 Å². The highest BCUT2D eigenvalue weighted by atomic mass is 35.5. The molecule has 0 spiro atoms. The van der Waals surface area contributed by atoms with Crippen molar-refractivity contribution in [3.63, 3.8) is 0 Å². The van der Waals surface area contributed by atoms with E-state index in [0.29, 0.717) is 22.4 Å². The molecule has 2 aromatic rings. The Kier molecular flexibility index (Phi) is 6.18. The van der Waals surface area contributed by atoms with Gasteiger partial charge in [-0.1, -0.05) is 36.6 Å². The third-order valence-electron chi connectivity index (χ3n) is 5.04. The fraction of sp³-hybridized carbons (Fsp3) is 0.273. The standard InChI is InChI=1S/C22H21ClFN5O/c23-16-9-5-15(6-10-16)21(30)27-22(25-18-3-1-2-4-18)26-20-13-19(28-29-20)14-7-11-17(24)12-8-14/h5-13,18-19H,1-4H2,(H2,25,26,27,30). The van der Waals surface area contributed by atoms with Gasteiger partial charge < -0.3 is 5.32 Å². The quantitative estimate of drug-likeness (QED) is 0.525. The van der Waals surface area contributed by atoms with Crippen LogP contribution in [0.4, 0.5) is 4.39 Å². The molecule has 2 aliphatic rings. The molecule has 0 radical (unpaired) electrons. The molecule has 1 heterocycles. The topological polar surface area (TPSA) is 78.2 Å². The molecule has 0 saturated heterocycles. The molecule has 8 heteroatoms. The molecule has 1 saturated carbocycles. The van der Waals surface area contributed by atoms with Crippen LogP contribution in [0, 0.1) is 5.82 Å². The Morgan fingerprint density at radius 3 is 2.47 bits per heavy atom. The number of carbonyl (C=O) groups excluding carboxylic acids is 1. The van der Waals surface area contributed by atoms with Gasteiger partial charge in [0.05, 0.1) is 6.04 Å². The third-order valence-corrected chi connectivity index (χ3v) is 5.29. The van der Waals surface area contributed by atoms with Crippen molar-refractivity contribution < 1.29 is 9.18 Å². The molecule has 0 bridgehead atoms. The highest BCUT2D eigenvalue weighted by Gasteiger charge is 2.20. The van der Waals surface area contributed by atoms with Crippen LogP contribution in [0.15, 0.2) is 75.6 Å². The molecule has 1 amide bonds. The number of hydrogen-bond acceptors (Lipinski definition) is 4. The molecule has 4 rings (SSSR count). The van der Waals surface area contributed by atoms with Crippen molar-refractivity contribution in [2.24, 2.45) is 15.2 Å². The molecule has 1 aliphatic carbocycles. The number of rotatable bonds is 4. The van der Waals surface area contributed by atoms with E-state index in [4.69, 9.17) is 11.6 Å². The zero-order valence-corrected chi connectivity index (χ0v) is 16.9. The predicted octanol–water partition coefficient (Wildman–Crippen LogP) is 5.15. The zero-order chi connectivity index (χ0) is 20.9. The Bertz CT molecular complexity index is 995. The lowest BCUT2D eigenvalue weighted by Crippen LogP contribution is -2.41. The highest BCUT2D eigenvalue weighted by molar-refractivity contribution is 6.30. The van der Waals surface area contributed by atoms with Gasteiger partial charge in [0.25, 0.3) is 5.91 Å². The summed E-state index contributed by atoms with van der Waals surface area (Å²) < 4.78 is 13.2. The van der Waals surface area contributed by atoms with Crippen LogP contribution in [-0.4, -0.2) is 17.9 Å². The first kappa shape index (κ1) is 20.2. The molecular formula is C22H21ClFN5O. The number of amides is 1. The summed E-state index contributed by atoms with van der Waals surface area (Å²) in [5.41, 5.74) is 1.31. The summed E-state index contributed by atoms with van der Waals surface area (Å²) in [7, 11) is 0. The fourth-order valence-electron chi connectivity index (χ4n) is 3.44. The predicted molar refractivity (Wildman–Crippen MR) is 114 cm³/mol. The molecule has 2 aromatic carbocycles. The lowest BCUT2D eigenvalue weighted by atomic mass is 10.1. The number of hydrogen-bond donors (Lipinski definition) is 2. The molecule has 1 aliphatic heterocycles. The van der Waals surface area contributed by atoms with Gasteiger partial charge in [0.1, 0.15) is 11.9 Å². The molecule has 0 aromatic heterocycles. The SMILES string of the molecule is O=C(NC(=NC1CCCC1)NC1=CC(c2ccc(F)cc2)N=N1)c1ccc(Cl)cc1. The van der Waals surface area contributed by atoms with E-state index in [0.717, 1.165) is 31.2 Å². The van der Waals surface area contributed by atoms with Gasteiger partial charge in [0.15, 0.2) is 5.82 Å². The Hall–Kier alpha value is -3.06. The van der Waals surface area contributed by atoms with Crippen LogP contribution in [0.1, 0.15) is 47.6 Å². The lowest BCUT2D eigenvalue weighted by molar-refractivity contribution is 0.0976. The van der Waals surface area contributed by atoms with Gasteiger partial charge in [-0.25, -0.2) is 9.38 Å². The maximum atomic E-state index is 13.2. The van der Waals surface area contributed by atoms with Crippen molar-refractivity contribution >= 4 is 23.5 Å². The minimum atomic E-state index is -0.312. The van der Waals surface area contributed by atoms with Crippen molar-refractivity contribution in [2.45, 2.75) is 37.8 Å². The van der Waals surface area contributed by atoms with Crippen molar-refractivity contribution in [3.8, 4) is 0 Å². The highest BCUT2D eigenvalue weighted by Crippen LogP contribution is 2.26. The van der Waals surface area contributed by atoms with Gasteiger partial charge in [0, 0.05) is 10.6 Å². The monoisotopic (exact) mass is 425 g/mol. The van der Waals surface area contributed by atoms with Gasteiger partial charge >= 0.3 is 0 Å². The van der Waals surface area contributed by atoms with Crippen LogP contribution >= 0.6 is 11.6 Å². The summed E-state index contributed by atoms with van der Waals surface area (Å²) in [5.74, 6) is 0.234. The summed E-state index contributed by atoms with van der Waals surface area (Å²) >= 11 is 5.90. The van der Waals surface area contributed by atoms with Gasteiger partial charge in [0.2, 0.25) is 5.96 Å². The zero-order valence-electron chi connectivity index (χ0n) is 16.2. The molecule has 2 N–H and O–H groups in total. The summed E-state index contributed by atoms with van der Waals surface area (Å²) in [5, 5.41) is 14.8. The summed E-state index contributed by atoms with van der Waals surface area (Å²) in [6, 6.07) is 12.6. The van der Waals surface area contributed by atoms with Crippen LogP contribution in [0.5, 0.6) is 0 Å². The number of halogens is 2. The van der Waals surface area contributed by atoms with Gasteiger partial charge in [-0.15, -0.1) is 5.11 Å². The minimum Gasteiger partial charge on any atom is -0.309 e. The van der Waals surface area contributed by atoms with E-state index in [1.54, 1.807) is 36.4 Å². The maximum absolute atomic E-state index is 13.2. The average molecular weight is 426 g/mol. The van der Waals surface area contributed by atoms with Crippen LogP contribution < -0.4 is 10.6 Å². The Morgan fingerprint density at radius 2 is 1.77 bits per heavy atom. The number of nitrogens with one attached hydrogen (secondary N) is 2. The van der Waals surface area contributed by atoms with Crippen molar-refractivity contribution in [3.05, 3.63) is 82.4 Å². The van der Waals surface area contributed by atoms with E-state index in [1.807, 2.05) is 6.08 Å². The fourth-order valence-corrected chi connectivity index (χ4v) is 3.57. The summed E-state index contributed by atoms with van der Waals surface area (Å²) in [6.45, 7) is 0.